The number of nitrogen functional groups attached to an aromatic ring is 1. The predicted octanol–water partition coefficient (Wildman–Crippen LogP) is 3.03. The van der Waals surface area contributed by atoms with E-state index in [2.05, 4.69) is 4.98 Å². The van der Waals surface area contributed by atoms with Crippen molar-refractivity contribution in [2.75, 3.05) is 5.73 Å². The van der Waals surface area contributed by atoms with E-state index >= 15 is 0 Å². The number of pyridine rings is 1. The van der Waals surface area contributed by atoms with Crippen LogP contribution in [0.3, 0.4) is 0 Å². The van der Waals surface area contributed by atoms with E-state index in [-0.39, 0.29) is 5.69 Å². The summed E-state index contributed by atoms with van der Waals surface area (Å²) in [4.78, 5) is 3.63. The molecule has 1 heterocycles. The maximum absolute atomic E-state index is 12.5. The topological polar surface area (TPSA) is 38.9 Å². The van der Waals surface area contributed by atoms with Crippen LogP contribution in [0.1, 0.15) is 30.3 Å². The molecule has 0 fully saturated rings. The number of fused-ring (bicyclic) bond motifs is 1. The smallest absolute Gasteiger partial charge is 0.398 e. The summed E-state index contributed by atoms with van der Waals surface area (Å²) in [6.45, 7) is 1.93. The second-order valence-electron chi connectivity index (χ2n) is 3.95. The Morgan fingerprint density at radius 3 is 2.62 bits per heavy atom. The van der Waals surface area contributed by atoms with Crippen molar-refractivity contribution in [2.24, 2.45) is 0 Å². The zero-order chi connectivity index (χ0) is 11.9. The third-order valence-electron chi connectivity index (χ3n) is 2.61. The van der Waals surface area contributed by atoms with Crippen LogP contribution in [0.2, 0.25) is 0 Å². The molecular weight excluding hydrogens is 217 g/mol. The maximum atomic E-state index is 12.5. The SMILES string of the molecule is CC1=Cc2c(N)cc(C(F)(F)F)nc2CC1. The van der Waals surface area contributed by atoms with Gasteiger partial charge in [-0.05, 0) is 25.8 Å². The third kappa shape index (κ3) is 1.89. The Kier molecular flexibility index (Phi) is 2.40. The van der Waals surface area contributed by atoms with E-state index in [1.807, 2.05) is 6.92 Å². The number of halogens is 3. The fourth-order valence-corrected chi connectivity index (χ4v) is 1.77. The molecule has 5 heteroatoms. The van der Waals surface area contributed by atoms with Gasteiger partial charge < -0.3 is 5.73 Å². The van der Waals surface area contributed by atoms with Crippen molar-refractivity contribution in [2.45, 2.75) is 25.9 Å². The first-order valence-corrected chi connectivity index (χ1v) is 4.91. The lowest BCUT2D eigenvalue weighted by Crippen LogP contribution is -2.13. The number of allylic oxidation sites excluding steroid dienone is 1. The van der Waals surface area contributed by atoms with Crippen LogP contribution in [-0.4, -0.2) is 4.98 Å². The van der Waals surface area contributed by atoms with Crippen molar-refractivity contribution in [3.63, 3.8) is 0 Å². The molecule has 2 nitrogen and oxygen atoms in total. The van der Waals surface area contributed by atoms with Crippen LogP contribution in [0.4, 0.5) is 18.9 Å². The first-order chi connectivity index (χ1) is 7.38. The molecule has 0 radical (unpaired) electrons. The zero-order valence-corrected chi connectivity index (χ0v) is 8.73. The molecule has 0 aliphatic heterocycles. The molecule has 0 atom stereocenters. The molecule has 1 aliphatic rings. The van der Waals surface area contributed by atoms with Crippen molar-refractivity contribution >= 4 is 11.8 Å². The second kappa shape index (κ2) is 3.50. The molecule has 1 aromatic heterocycles. The highest BCUT2D eigenvalue weighted by Crippen LogP contribution is 2.33. The molecule has 0 unspecified atom stereocenters. The zero-order valence-electron chi connectivity index (χ0n) is 8.73. The van der Waals surface area contributed by atoms with Gasteiger partial charge in [0.25, 0.3) is 0 Å². The Labute approximate surface area is 91.0 Å². The molecule has 0 saturated heterocycles. The number of aromatic nitrogens is 1. The summed E-state index contributed by atoms with van der Waals surface area (Å²) in [5, 5.41) is 0. The van der Waals surface area contributed by atoms with E-state index in [4.69, 9.17) is 5.73 Å². The van der Waals surface area contributed by atoms with Gasteiger partial charge in [0.15, 0.2) is 0 Å². The van der Waals surface area contributed by atoms with Crippen molar-refractivity contribution < 1.29 is 13.2 Å². The van der Waals surface area contributed by atoms with Crippen LogP contribution in [-0.2, 0) is 12.6 Å². The molecule has 2 N–H and O–H groups in total. The third-order valence-corrected chi connectivity index (χ3v) is 2.61. The van der Waals surface area contributed by atoms with Crippen LogP contribution < -0.4 is 5.73 Å². The summed E-state index contributed by atoms with van der Waals surface area (Å²) >= 11 is 0. The highest BCUT2D eigenvalue weighted by atomic mass is 19.4. The Balaban J connectivity index is 2.56. The number of nitrogens with two attached hydrogens (primary N) is 1. The number of aryl methyl sites for hydroxylation is 1. The summed E-state index contributed by atoms with van der Waals surface area (Å²) in [7, 11) is 0. The van der Waals surface area contributed by atoms with Crippen molar-refractivity contribution in [1.82, 2.24) is 4.98 Å². The monoisotopic (exact) mass is 228 g/mol. The number of anilines is 1. The molecule has 2 rings (SSSR count). The maximum Gasteiger partial charge on any atom is 0.433 e. The van der Waals surface area contributed by atoms with Gasteiger partial charge >= 0.3 is 6.18 Å². The van der Waals surface area contributed by atoms with Gasteiger partial charge in [-0.3, -0.25) is 0 Å². The lowest BCUT2D eigenvalue weighted by Gasteiger charge is -2.17. The second-order valence-corrected chi connectivity index (χ2v) is 3.95. The number of alkyl halides is 3. The number of hydrogen-bond acceptors (Lipinski definition) is 2. The molecule has 1 aliphatic carbocycles. The Hall–Kier alpha value is -1.52. The van der Waals surface area contributed by atoms with Crippen molar-refractivity contribution in [3.05, 3.63) is 28.6 Å². The normalized spacial score (nSPS) is 15.6. The number of rotatable bonds is 0. The van der Waals surface area contributed by atoms with Crippen LogP contribution in [0.15, 0.2) is 11.6 Å². The Morgan fingerprint density at radius 1 is 1.31 bits per heavy atom. The minimum atomic E-state index is -4.43. The molecule has 1 aromatic rings. The number of hydrogen-bond donors (Lipinski definition) is 1. The Bertz CT molecular complexity index is 461. The van der Waals surface area contributed by atoms with Crippen LogP contribution in [0, 0.1) is 0 Å². The lowest BCUT2D eigenvalue weighted by atomic mass is 9.95. The summed E-state index contributed by atoms with van der Waals surface area (Å²) < 4.78 is 37.4. The first-order valence-electron chi connectivity index (χ1n) is 4.91. The van der Waals surface area contributed by atoms with Gasteiger partial charge in [-0.15, -0.1) is 0 Å². The molecular formula is C11H11F3N2. The van der Waals surface area contributed by atoms with E-state index in [9.17, 15) is 13.2 Å². The van der Waals surface area contributed by atoms with Crippen LogP contribution in [0.5, 0.6) is 0 Å². The molecule has 16 heavy (non-hydrogen) atoms. The van der Waals surface area contributed by atoms with Crippen LogP contribution in [0.25, 0.3) is 6.08 Å². The van der Waals surface area contributed by atoms with Crippen LogP contribution >= 0.6 is 0 Å². The van der Waals surface area contributed by atoms with Gasteiger partial charge in [-0.1, -0.05) is 11.6 Å². The lowest BCUT2D eigenvalue weighted by molar-refractivity contribution is -0.141. The van der Waals surface area contributed by atoms with Gasteiger partial charge in [0.05, 0.1) is 5.69 Å². The highest BCUT2D eigenvalue weighted by Gasteiger charge is 2.34. The quantitative estimate of drug-likeness (QED) is 0.741. The predicted molar refractivity (Wildman–Crippen MR) is 55.6 cm³/mol. The molecule has 0 amide bonds. The minimum Gasteiger partial charge on any atom is -0.398 e. The number of nitrogens with zero attached hydrogens (tertiary/aromatic N) is 1. The summed E-state index contributed by atoms with van der Waals surface area (Å²) in [6.07, 6.45) is -1.37. The summed E-state index contributed by atoms with van der Waals surface area (Å²) in [5.74, 6) is 0. The van der Waals surface area contributed by atoms with E-state index in [1.165, 1.54) is 0 Å². The van der Waals surface area contributed by atoms with Gasteiger partial charge in [0, 0.05) is 11.3 Å². The average molecular weight is 228 g/mol. The van der Waals surface area contributed by atoms with Gasteiger partial charge in [0.2, 0.25) is 0 Å². The Morgan fingerprint density at radius 2 is 2.00 bits per heavy atom. The summed E-state index contributed by atoms with van der Waals surface area (Å²) in [5.41, 5.74) is 7.05. The standard InChI is InChI=1S/C11H11F3N2/c1-6-2-3-9-7(4-6)8(15)5-10(16-9)11(12,13)14/h4-5H,2-3H2,1H3,(H2,15,16). The van der Waals surface area contributed by atoms with Crippen molar-refractivity contribution in [3.8, 4) is 0 Å². The van der Waals surface area contributed by atoms with Gasteiger partial charge in [-0.25, -0.2) is 4.98 Å². The minimum absolute atomic E-state index is 0.149. The largest absolute Gasteiger partial charge is 0.433 e. The molecule has 0 bridgehead atoms. The molecule has 86 valence electrons. The van der Waals surface area contributed by atoms with E-state index in [1.54, 1.807) is 6.08 Å². The molecule has 0 saturated carbocycles. The van der Waals surface area contributed by atoms with Gasteiger partial charge in [-0.2, -0.15) is 13.2 Å². The molecule has 0 aromatic carbocycles. The fourth-order valence-electron chi connectivity index (χ4n) is 1.77. The van der Waals surface area contributed by atoms with Gasteiger partial charge in [0.1, 0.15) is 5.69 Å². The van der Waals surface area contributed by atoms with E-state index in [0.717, 1.165) is 18.1 Å². The van der Waals surface area contributed by atoms with Crippen molar-refractivity contribution in [1.29, 1.82) is 0 Å². The first kappa shape index (κ1) is 11.0. The summed E-state index contributed by atoms with van der Waals surface area (Å²) in [6, 6.07) is 0.897. The van der Waals surface area contributed by atoms with E-state index < -0.39 is 11.9 Å². The average Bonchev–Trinajstić information content (AvgIpc) is 2.17. The fraction of sp³-hybridized carbons (Fsp3) is 0.364. The van der Waals surface area contributed by atoms with E-state index in [0.29, 0.717) is 17.7 Å². The molecule has 0 spiro atoms. The highest BCUT2D eigenvalue weighted by molar-refractivity contribution is 5.69.